The number of aromatic hydroxyl groups is 1. The quantitative estimate of drug-likeness (QED) is 0.340. The van der Waals surface area contributed by atoms with Crippen LogP contribution in [0.2, 0.25) is 0 Å². The maximum absolute atomic E-state index is 13.2. The van der Waals surface area contributed by atoms with E-state index in [1.165, 1.54) is 19.4 Å². The number of hydrogen-bond acceptors (Lipinski definition) is 7. The van der Waals surface area contributed by atoms with Crippen molar-refractivity contribution in [1.82, 2.24) is 5.32 Å². The molecule has 2 aromatic rings. The molecule has 0 fully saturated rings. The molecule has 0 saturated heterocycles. The lowest BCUT2D eigenvalue weighted by Crippen LogP contribution is -2.26. The summed E-state index contributed by atoms with van der Waals surface area (Å²) in [4.78, 5) is 36.9. The van der Waals surface area contributed by atoms with Crippen molar-refractivity contribution in [3.8, 4) is 11.5 Å². The van der Waals surface area contributed by atoms with Gasteiger partial charge < -0.3 is 19.0 Å². The number of aryl methyl sites for hydroxylation is 1. The summed E-state index contributed by atoms with van der Waals surface area (Å²) in [5.74, 6) is -0.468. The average Bonchev–Trinajstić information content (AvgIpc) is 2.83. The Morgan fingerprint density at radius 3 is 2.43 bits per heavy atom. The number of nitrogens with one attached hydrogen (secondary N) is 1. The van der Waals surface area contributed by atoms with E-state index in [0.717, 1.165) is 16.9 Å². The molecule has 8 heteroatoms. The van der Waals surface area contributed by atoms with Crippen molar-refractivity contribution in [2.75, 3.05) is 7.11 Å². The van der Waals surface area contributed by atoms with Gasteiger partial charge in [0.1, 0.15) is 22.8 Å². The van der Waals surface area contributed by atoms with Gasteiger partial charge in [0.15, 0.2) is 5.78 Å². The van der Waals surface area contributed by atoms with Gasteiger partial charge in [0, 0.05) is 24.1 Å². The van der Waals surface area contributed by atoms with Crippen LogP contribution in [0, 0.1) is 18.8 Å². The number of allylic oxidation sites excluding steroid dienone is 1. The third-order valence-corrected chi connectivity index (χ3v) is 6.45. The number of rotatable bonds is 12. The number of benzene rings is 1. The predicted octanol–water partition coefficient (Wildman–Crippen LogP) is 5.89. The van der Waals surface area contributed by atoms with Crippen molar-refractivity contribution in [3.05, 3.63) is 69.4 Å². The number of alkyl carbamates (subject to hydrolysis) is 1. The number of ether oxygens (including phenoxy) is 2. The molecule has 1 aromatic heterocycles. The van der Waals surface area contributed by atoms with Crippen LogP contribution in [0.15, 0.2) is 45.8 Å². The van der Waals surface area contributed by atoms with E-state index in [1.807, 2.05) is 52.8 Å². The van der Waals surface area contributed by atoms with Crippen LogP contribution >= 0.6 is 0 Å². The number of hydrogen-bond donors (Lipinski definition) is 2. The predicted molar refractivity (Wildman–Crippen MR) is 142 cm³/mol. The van der Waals surface area contributed by atoms with Crippen LogP contribution in [-0.4, -0.2) is 30.2 Å². The number of carbonyl (C=O) groups is 2. The molecule has 2 N–H and O–H groups in total. The van der Waals surface area contributed by atoms with Crippen LogP contribution in [-0.2, 0) is 11.2 Å². The Labute approximate surface area is 218 Å². The van der Waals surface area contributed by atoms with Crippen molar-refractivity contribution < 1.29 is 28.6 Å². The summed E-state index contributed by atoms with van der Waals surface area (Å²) in [7, 11) is 1.28. The molecule has 0 saturated carbocycles. The van der Waals surface area contributed by atoms with Crippen molar-refractivity contribution in [2.24, 2.45) is 11.8 Å². The zero-order chi connectivity index (χ0) is 27.7. The fourth-order valence-electron chi connectivity index (χ4n) is 3.98. The van der Waals surface area contributed by atoms with Crippen molar-refractivity contribution in [3.63, 3.8) is 0 Å². The Hall–Kier alpha value is -3.55. The van der Waals surface area contributed by atoms with E-state index in [-0.39, 0.29) is 29.3 Å². The van der Waals surface area contributed by atoms with Crippen LogP contribution in [0.5, 0.6) is 11.5 Å². The minimum absolute atomic E-state index is 0.0779. The Morgan fingerprint density at radius 2 is 1.84 bits per heavy atom. The first-order valence-corrected chi connectivity index (χ1v) is 12.6. The lowest BCUT2D eigenvalue weighted by molar-refractivity contribution is 0.0885. The summed E-state index contributed by atoms with van der Waals surface area (Å²) in [6.45, 7) is 11.5. The van der Waals surface area contributed by atoms with Crippen molar-refractivity contribution in [2.45, 2.75) is 72.8 Å². The molecule has 0 aliphatic rings. The second-order valence-corrected chi connectivity index (χ2v) is 9.80. The average molecular weight is 514 g/mol. The molecule has 0 aliphatic heterocycles. The summed E-state index contributed by atoms with van der Waals surface area (Å²) in [5, 5.41) is 13.0. The van der Waals surface area contributed by atoms with Crippen molar-refractivity contribution >= 4 is 11.9 Å². The van der Waals surface area contributed by atoms with Crippen LogP contribution in [0.25, 0.3) is 0 Å². The van der Waals surface area contributed by atoms with E-state index in [0.29, 0.717) is 25.0 Å². The molecule has 1 heterocycles. The summed E-state index contributed by atoms with van der Waals surface area (Å²) >= 11 is 0. The van der Waals surface area contributed by atoms with E-state index in [4.69, 9.17) is 9.15 Å². The normalized spacial score (nSPS) is 13.8. The minimum Gasteiger partial charge on any atom is -0.507 e. The largest absolute Gasteiger partial charge is 0.507 e. The zero-order valence-corrected chi connectivity index (χ0v) is 22.8. The molecule has 0 spiro atoms. The summed E-state index contributed by atoms with van der Waals surface area (Å²) in [5.41, 5.74) is 1.02. The Kier molecular flexibility index (Phi) is 11.0. The number of ketones is 1. The molecule has 0 bridgehead atoms. The molecule has 202 valence electrons. The van der Waals surface area contributed by atoms with Crippen molar-refractivity contribution in [1.29, 1.82) is 0 Å². The van der Waals surface area contributed by atoms with E-state index < -0.39 is 23.4 Å². The van der Waals surface area contributed by atoms with Crippen LogP contribution in [0.4, 0.5) is 4.79 Å². The highest BCUT2D eigenvalue weighted by atomic mass is 16.5. The molecule has 2 unspecified atom stereocenters. The van der Waals surface area contributed by atoms with E-state index in [9.17, 15) is 19.5 Å². The molecular formula is C29H39NO7. The van der Waals surface area contributed by atoms with Gasteiger partial charge in [-0.15, -0.1) is 0 Å². The maximum Gasteiger partial charge on any atom is 0.410 e. The number of amides is 1. The lowest BCUT2D eigenvalue weighted by Gasteiger charge is -2.21. The Morgan fingerprint density at radius 1 is 1.14 bits per heavy atom. The smallest absolute Gasteiger partial charge is 0.410 e. The summed E-state index contributed by atoms with van der Waals surface area (Å²) < 4.78 is 15.7. The Bertz CT molecular complexity index is 1170. The minimum atomic E-state index is -0.833. The first-order valence-electron chi connectivity index (χ1n) is 12.6. The molecule has 3 atom stereocenters. The SMILES string of the molecule is COC(=O)N/C=C/CCC(C)c1cc(O)c(C(=O)C(C)[C@@H](C)Cc2ccc(OC(C)C)cc2C)c(=O)o1. The Balaban J connectivity index is 2.07. The molecule has 1 amide bonds. The number of Topliss-reactive ketones (excluding diaryl/α,β-unsaturated/α-hetero) is 1. The maximum atomic E-state index is 13.2. The molecule has 0 aliphatic carbocycles. The topological polar surface area (TPSA) is 115 Å². The molecular weight excluding hydrogens is 474 g/mol. The van der Waals surface area contributed by atoms with E-state index in [2.05, 4.69) is 10.1 Å². The first-order chi connectivity index (χ1) is 17.4. The molecule has 8 nitrogen and oxygen atoms in total. The van der Waals surface area contributed by atoms with Gasteiger partial charge in [-0.05, 0) is 69.2 Å². The standard InChI is InChI=1S/C29H39NO7/c1-17(2)36-23-12-11-22(20(5)15-23)14-19(4)21(6)27(32)26-24(31)16-25(37-28(26)33)18(3)10-8-9-13-30-29(34)35-7/h9,11-13,15-19,21,31H,8,10,14H2,1-7H3,(H,30,34)/b13-9+/t18?,19-,21?/m0/s1. The molecule has 2 rings (SSSR count). The van der Waals surface area contributed by atoms with Crippen LogP contribution < -0.4 is 15.7 Å². The highest BCUT2D eigenvalue weighted by Crippen LogP contribution is 2.29. The van der Waals surface area contributed by atoms with Gasteiger partial charge in [-0.2, -0.15) is 0 Å². The second kappa shape index (κ2) is 13.7. The highest BCUT2D eigenvalue weighted by Gasteiger charge is 2.28. The van der Waals surface area contributed by atoms with Gasteiger partial charge >= 0.3 is 11.7 Å². The van der Waals surface area contributed by atoms with E-state index >= 15 is 0 Å². The molecule has 0 radical (unpaired) electrons. The van der Waals surface area contributed by atoms with Gasteiger partial charge in [-0.3, -0.25) is 10.1 Å². The number of methoxy groups -OCH3 is 1. The third kappa shape index (κ3) is 8.51. The van der Waals surface area contributed by atoms with Gasteiger partial charge in [-0.25, -0.2) is 9.59 Å². The number of carbonyl (C=O) groups excluding carboxylic acids is 2. The lowest BCUT2D eigenvalue weighted by atomic mass is 9.83. The van der Waals surface area contributed by atoms with Crippen LogP contribution in [0.1, 0.15) is 80.6 Å². The van der Waals surface area contributed by atoms with Gasteiger partial charge in [0.25, 0.3) is 0 Å². The fraction of sp³-hybridized carbons (Fsp3) is 0.483. The third-order valence-electron chi connectivity index (χ3n) is 6.45. The molecule has 37 heavy (non-hydrogen) atoms. The summed E-state index contributed by atoms with van der Waals surface area (Å²) in [6, 6.07) is 7.27. The first kappa shape index (κ1) is 29.7. The highest BCUT2D eigenvalue weighted by molar-refractivity contribution is 5.99. The van der Waals surface area contributed by atoms with E-state index in [1.54, 1.807) is 13.0 Å². The summed E-state index contributed by atoms with van der Waals surface area (Å²) in [6.07, 6.45) is 4.58. The fourth-order valence-corrected chi connectivity index (χ4v) is 3.98. The van der Waals surface area contributed by atoms with Gasteiger partial charge in [0.2, 0.25) is 0 Å². The molecule has 1 aromatic carbocycles. The second-order valence-electron chi connectivity index (χ2n) is 9.80. The van der Waals surface area contributed by atoms with Gasteiger partial charge in [-0.1, -0.05) is 32.9 Å². The van der Waals surface area contributed by atoms with Gasteiger partial charge in [0.05, 0.1) is 13.2 Å². The zero-order valence-electron chi connectivity index (χ0n) is 22.8. The van der Waals surface area contributed by atoms with Crippen LogP contribution in [0.3, 0.4) is 0 Å². The monoisotopic (exact) mass is 513 g/mol.